The van der Waals surface area contributed by atoms with Crippen molar-refractivity contribution in [1.82, 2.24) is 20.0 Å². The number of aromatic nitrogens is 4. The van der Waals surface area contributed by atoms with E-state index >= 15 is 0 Å². The lowest BCUT2D eigenvalue weighted by Gasteiger charge is -2.03. The number of pyridine rings is 1. The van der Waals surface area contributed by atoms with Gasteiger partial charge in [0.25, 0.3) is 0 Å². The number of hydrogen-bond donors (Lipinski definition) is 0. The van der Waals surface area contributed by atoms with E-state index in [0.717, 1.165) is 11.0 Å². The summed E-state index contributed by atoms with van der Waals surface area (Å²) in [4.78, 5) is 14.8. The lowest BCUT2D eigenvalue weighted by Crippen LogP contribution is -1.99. The molecule has 0 spiro atoms. The third-order valence-corrected chi connectivity index (χ3v) is 2.89. The standard InChI is InChI=1S/C12H7ClN4O/c13-12-8(7-18)5-9(6-14-12)17-11-4-2-1-3-10(11)15-16-17/h1-7H. The van der Waals surface area contributed by atoms with Gasteiger partial charge >= 0.3 is 0 Å². The van der Waals surface area contributed by atoms with Gasteiger partial charge < -0.3 is 0 Å². The number of fused-ring (bicyclic) bond motifs is 1. The minimum atomic E-state index is 0.179. The molecule has 5 nitrogen and oxygen atoms in total. The van der Waals surface area contributed by atoms with Gasteiger partial charge in [-0.25, -0.2) is 9.67 Å². The summed E-state index contributed by atoms with van der Waals surface area (Å²) in [5, 5.41) is 8.25. The van der Waals surface area contributed by atoms with Gasteiger partial charge in [0.2, 0.25) is 0 Å². The maximum absolute atomic E-state index is 10.8. The van der Waals surface area contributed by atoms with E-state index in [1.54, 1.807) is 16.9 Å². The van der Waals surface area contributed by atoms with Gasteiger partial charge in [-0.1, -0.05) is 28.9 Å². The van der Waals surface area contributed by atoms with E-state index in [-0.39, 0.29) is 5.15 Å². The molecule has 0 saturated carbocycles. The van der Waals surface area contributed by atoms with Gasteiger partial charge in [-0.2, -0.15) is 0 Å². The summed E-state index contributed by atoms with van der Waals surface area (Å²) in [6, 6.07) is 9.17. The number of carbonyl (C=O) groups excluding carboxylic acids is 1. The summed E-state index contributed by atoms with van der Waals surface area (Å²) in [7, 11) is 0. The highest BCUT2D eigenvalue weighted by Gasteiger charge is 2.08. The van der Waals surface area contributed by atoms with E-state index < -0.39 is 0 Å². The molecule has 1 aromatic carbocycles. The van der Waals surface area contributed by atoms with Crippen molar-refractivity contribution in [3.8, 4) is 5.69 Å². The van der Waals surface area contributed by atoms with Gasteiger partial charge in [0, 0.05) is 0 Å². The first kappa shape index (κ1) is 10.9. The van der Waals surface area contributed by atoms with E-state index in [1.807, 2.05) is 24.3 Å². The highest BCUT2D eigenvalue weighted by Crippen LogP contribution is 2.18. The van der Waals surface area contributed by atoms with Crippen LogP contribution < -0.4 is 0 Å². The Balaban J connectivity index is 2.23. The molecule has 3 rings (SSSR count). The van der Waals surface area contributed by atoms with E-state index in [2.05, 4.69) is 15.3 Å². The molecule has 3 aromatic rings. The van der Waals surface area contributed by atoms with Crippen LogP contribution in [0.2, 0.25) is 5.15 Å². The summed E-state index contributed by atoms with van der Waals surface area (Å²) < 4.78 is 1.62. The van der Waals surface area contributed by atoms with Crippen molar-refractivity contribution in [3.05, 3.63) is 47.2 Å². The number of rotatable bonds is 2. The fourth-order valence-electron chi connectivity index (χ4n) is 1.71. The summed E-state index contributed by atoms with van der Waals surface area (Å²) in [5.74, 6) is 0. The van der Waals surface area contributed by atoms with Crippen LogP contribution in [-0.4, -0.2) is 26.3 Å². The van der Waals surface area contributed by atoms with Crippen molar-refractivity contribution in [1.29, 1.82) is 0 Å². The van der Waals surface area contributed by atoms with Crippen LogP contribution in [0, 0.1) is 0 Å². The molecule has 88 valence electrons. The molecule has 2 heterocycles. The maximum Gasteiger partial charge on any atom is 0.153 e. The Morgan fingerprint density at radius 1 is 1.28 bits per heavy atom. The zero-order valence-corrected chi connectivity index (χ0v) is 9.87. The van der Waals surface area contributed by atoms with Crippen LogP contribution in [0.4, 0.5) is 0 Å². The van der Waals surface area contributed by atoms with Crippen LogP contribution in [0.3, 0.4) is 0 Å². The van der Waals surface area contributed by atoms with Crippen molar-refractivity contribution in [2.75, 3.05) is 0 Å². The minimum absolute atomic E-state index is 0.179. The van der Waals surface area contributed by atoms with Crippen LogP contribution in [0.1, 0.15) is 10.4 Å². The van der Waals surface area contributed by atoms with Crippen LogP contribution in [0.5, 0.6) is 0 Å². The first-order chi connectivity index (χ1) is 8.79. The Morgan fingerprint density at radius 3 is 2.94 bits per heavy atom. The van der Waals surface area contributed by atoms with E-state index in [1.165, 1.54) is 0 Å². The third kappa shape index (κ3) is 1.65. The molecule has 6 heteroatoms. The summed E-state index contributed by atoms with van der Waals surface area (Å²) in [6.45, 7) is 0. The van der Waals surface area contributed by atoms with E-state index in [4.69, 9.17) is 11.6 Å². The molecule has 0 aliphatic carbocycles. The first-order valence-corrected chi connectivity index (χ1v) is 5.59. The van der Waals surface area contributed by atoms with Gasteiger partial charge in [-0.3, -0.25) is 4.79 Å². The summed E-state index contributed by atoms with van der Waals surface area (Å²) in [5.41, 5.74) is 2.60. The Morgan fingerprint density at radius 2 is 2.11 bits per heavy atom. The maximum atomic E-state index is 10.8. The lowest BCUT2D eigenvalue weighted by atomic mass is 10.2. The second kappa shape index (κ2) is 4.19. The first-order valence-electron chi connectivity index (χ1n) is 5.21. The fraction of sp³-hybridized carbons (Fsp3) is 0. The molecule has 0 N–H and O–H groups in total. The number of para-hydroxylation sites is 1. The van der Waals surface area contributed by atoms with E-state index in [0.29, 0.717) is 17.5 Å². The largest absolute Gasteiger partial charge is 0.298 e. The summed E-state index contributed by atoms with van der Waals surface area (Å²) in [6.07, 6.45) is 2.22. The number of nitrogens with zero attached hydrogens (tertiary/aromatic N) is 4. The molecule has 0 amide bonds. The zero-order chi connectivity index (χ0) is 12.5. The highest BCUT2D eigenvalue weighted by atomic mass is 35.5. The van der Waals surface area contributed by atoms with Crippen LogP contribution in [-0.2, 0) is 0 Å². The average Bonchev–Trinajstić information content (AvgIpc) is 2.83. The normalized spacial score (nSPS) is 10.7. The van der Waals surface area contributed by atoms with Crippen LogP contribution in [0.25, 0.3) is 16.7 Å². The van der Waals surface area contributed by atoms with Crippen molar-refractivity contribution < 1.29 is 4.79 Å². The minimum Gasteiger partial charge on any atom is -0.298 e. The second-order valence-electron chi connectivity index (χ2n) is 3.68. The molecule has 0 bridgehead atoms. The highest BCUT2D eigenvalue weighted by molar-refractivity contribution is 6.31. The molecule has 0 saturated heterocycles. The Kier molecular flexibility index (Phi) is 2.53. The molecule has 0 atom stereocenters. The Labute approximate surface area is 107 Å². The molecule has 0 unspecified atom stereocenters. The van der Waals surface area contributed by atoms with Gasteiger partial charge in [-0.15, -0.1) is 5.10 Å². The monoisotopic (exact) mass is 258 g/mol. The molecular formula is C12H7ClN4O. The molecular weight excluding hydrogens is 252 g/mol. The Hall–Kier alpha value is -2.27. The smallest absolute Gasteiger partial charge is 0.153 e. The predicted octanol–water partition coefficient (Wildman–Crippen LogP) is 2.28. The lowest BCUT2D eigenvalue weighted by molar-refractivity contribution is 0.112. The molecule has 2 aromatic heterocycles. The molecule has 0 radical (unpaired) electrons. The van der Waals surface area contributed by atoms with E-state index in [9.17, 15) is 4.79 Å². The number of halogens is 1. The average molecular weight is 259 g/mol. The van der Waals surface area contributed by atoms with Crippen molar-refractivity contribution in [2.24, 2.45) is 0 Å². The van der Waals surface area contributed by atoms with Crippen LogP contribution in [0.15, 0.2) is 36.5 Å². The molecule has 0 aliphatic heterocycles. The van der Waals surface area contributed by atoms with Gasteiger partial charge in [0.1, 0.15) is 10.7 Å². The quantitative estimate of drug-likeness (QED) is 0.523. The number of aldehydes is 1. The van der Waals surface area contributed by atoms with Gasteiger partial charge in [0.15, 0.2) is 6.29 Å². The fourth-order valence-corrected chi connectivity index (χ4v) is 1.86. The Bertz CT molecular complexity index is 738. The van der Waals surface area contributed by atoms with Gasteiger partial charge in [0.05, 0.1) is 23.0 Å². The van der Waals surface area contributed by atoms with Crippen molar-refractivity contribution in [2.45, 2.75) is 0 Å². The number of hydrogen-bond acceptors (Lipinski definition) is 4. The topological polar surface area (TPSA) is 60.7 Å². The van der Waals surface area contributed by atoms with Crippen molar-refractivity contribution >= 4 is 28.9 Å². The number of carbonyl (C=O) groups is 1. The number of benzene rings is 1. The molecule has 0 aliphatic rings. The van der Waals surface area contributed by atoms with Gasteiger partial charge in [-0.05, 0) is 18.2 Å². The predicted molar refractivity (Wildman–Crippen MR) is 67.1 cm³/mol. The second-order valence-corrected chi connectivity index (χ2v) is 4.04. The zero-order valence-electron chi connectivity index (χ0n) is 9.12. The molecule has 18 heavy (non-hydrogen) atoms. The SMILES string of the molecule is O=Cc1cc(-n2nnc3ccccc32)cnc1Cl. The third-order valence-electron chi connectivity index (χ3n) is 2.58. The molecule has 0 fully saturated rings. The summed E-state index contributed by atoms with van der Waals surface area (Å²) >= 11 is 5.79. The van der Waals surface area contributed by atoms with Crippen LogP contribution >= 0.6 is 11.6 Å². The van der Waals surface area contributed by atoms with Crippen molar-refractivity contribution in [3.63, 3.8) is 0 Å².